The summed E-state index contributed by atoms with van der Waals surface area (Å²) in [4.78, 5) is 13.7. The molecular weight excluding hydrogens is 294 g/mol. The first-order valence-corrected chi connectivity index (χ1v) is 7.64. The van der Waals surface area contributed by atoms with Crippen molar-refractivity contribution in [3.8, 4) is 5.75 Å². The van der Waals surface area contributed by atoms with Gasteiger partial charge in [0.05, 0.1) is 20.3 Å². The lowest BCUT2D eigenvalue weighted by atomic mass is 10.2. The van der Waals surface area contributed by atoms with Gasteiger partial charge in [-0.3, -0.25) is 4.90 Å². The van der Waals surface area contributed by atoms with Crippen molar-refractivity contribution in [3.05, 3.63) is 53.5 Å². The zero-order chi connectivity index (χ0) is 16.7. The van der Waals surface area contributed by atoms with Gasteiger partial charge in [-0.1, -0.05) is 18.2 Å². The Kier molecular flexibility index (Phi) is 6.23. The van der Waals surface area contributed by atoms with E-state index in [1.54, 1.807) is 13.0 Å². The van der Waals surface area contributed by atoms with Crippen LogP contribution in [0.4, 0.5) is 0 Å². The number of hydrogen-bond donors (Lipinski definition) is 0. The topological polar surface area (TPSA) is 51.9 Å². The van der Waals surface area contributed by atoms with Crippen LogP contribution in [0.3, 0.4) is 0 Å². The summed E-state index contributed by atoms with van der Waals surface area (Å²) in [6.45, 7) is 3.95. The molecule has 0 aliphatic rings. The van der Waals surface area contributed by atoms with Gasteiger partial charge in [-0.05, 0) is 38.6 Å². The van der Waals surface area contributed by atoms with E-state index in [-0.39, 0.29) is 5.97 Å². The Morgan fingerprint density at radius 2 is 2.00 bits per heavy atom. The van der Waals surface area contributed by atoms with Gasteiger partial charge in [0.25, 0.3) is 0 Å². The summed E-state index contributed by atoms with van der Waals surface area (Å²) in [6, 6.07) is 11.5. The van der Waals surface area contributed by atoms with E-state index in [0.29, 0.717) is 24.5 Å². The summed E-state index contributed by atoms with van der Waals surface area (Å²) < 4.78 is 16.0. The first-order valence-electron chi connectivity index (χ1n) is 7.64. The molecule has 0 radical (unpaired) electrons. The molecule has 0 unspecified atom stereocenters. The van der Waals surface area contributed by atoms with Crippen LogP contribution in [-0.4, -0.2) is 38.2 Å². The summed E-state index contributed by atoms with van der Waals surface area (Å²) in [6.07, 6.45) is 0.912. The number of rotatable bonds is 8. The molecule has 23 heavy (non-hydrogen) atoms. The standard InChI is InChI=1S/C18H23NO4/c1-14-17(18(20)21-3)12-16(23-14)13-19(2)10-7-11-22-15-8-5-4-6-9-15/h4-6,8-9,12H,7,10-11,13H2,1-3H3. The predicted molar refractivity (Wildman–Crippen MR) is 87.7 cm³/mol. The Labute approximate surface area is 136 Å². The van der Waals surface area contributed by atoms with Crippen molar-refractivity contribution < 1.29 is 18.7 Å². The van der Waals surface area contributed by atoms with Crippen molar-refractivity contribution in [2.24, 2.45) is 0 Å². The summed E-state index contributed by atoms with van der Waals surface area (Å²) in [5.74, 6) is 1.87. The maximum atomic E-state index is 11.6. The highest BCUT2D eigenvalue weighted by atomic mass is 16.5. The third-order valence-corrected chi connectivity index (χ3v) is 3.50. The number of benzene rings is 1. The van der Waals surface area contributed by atoms with Crippen molar-refractivity contribution in [3.63, 3.8) is 0 Å². The van der Waals surface area contributed by atoms with E-state index in [1.807, 2.05) is 37.4 Å². The van der Waals surface area contributed by atoms with Crippen molar-refractivity contribution in [1.29, 1.82) is 0 Å². The van der Waals surface area contributed by atoms with E-state index < -0.39 is 0 Å². The van der Waals surface area contributed by atoms with Gasteiger partial charge < -0.3 is 13.9 Å². The lowest BCUT2D eigenvalue weighted by molar-refractivity contribution is 0.0599. The summed E-state index contributed by atoms with van der Waals surface area (Å²) >= 11 is 0. The molecule has 1 heterocycles. The van der Waals surface area contributed by atoms with Crippen LogP contribution in [0.2, 0.25) is 0 Å². The zero-order valence-electron chi connectivity index (χ0n) is 13.9. The minimum atomic E-state index is -0.364. The number of para-hydroxylation sites is 1. The summed E-state index contributed by atoms with van der Waals surface area (Å²) in [5.41, 5.74) is 0.489. The number of esters is 1. The number of carbonyl (C=O) groups excluding carboxylic acids is 1. The van der Waals surface area contributed by atoms with E-state index in [4.69, 9.17) is 13.9 Å². The van der Waals surface area contributed by atoms with Gasteiger partial charge in [0, 0.05) is 6.54 Å². The fourth-order valence-corrected chi connectivity index (χ4v) is 2.32. The molecule has 5 nitrogen and oxygen atoms in total. The van der Waals surface area contributed by atoms with Gasteiger partial charge in [0.1, 0.15) is 22.8 Å². The first kappa shape index (κ1) is 17.1. The van der Waals surface area contributed by atoms with E-state index >= 15 is 0 Å². The summed E-state index contributed by atoms with van der Waals surface area (Å²) in [5, 5.41) is 0. The molecule has 0 fully saturated rings. The fraction of sp³-hybridized carbons (Fsp3) is 0.389. The quantitative estimate of drug-likeness (QED) is 0.552. The van der Waals surface area contributed by atoms with Gasteiger partial charge in [0.2, 0.25) is 0 Å². The Hall–Kier alpha value is -2.27. The molecule has 5 heteroatoms. The number of hydrogen-bond acceptors (Lipinski definition) is 5. The minimum absolute atomic E-state index is 0.364. The highest BCUT2D eigenvalue weighted by Gasteiger charge is 2.16. The number of nitrogens with zero attached hydrogens (tertiary/aromatic N) is 1. The number of furan rings is 1. The Morgan fingerprint density at radius 3 is 2.70 bits per heavy atom. The van der Waals surface area contributed by atoms with Crippen molar-refractivity contribution in [1.82, 2.24) is 4.90 Å². The van der Waals surface area contributed by atoms with Crippen LogP contribution < -0.4 is 4.74 Å². The van der Waals surface area contributed by atoms with E-state index in [2.05, 4.69) is 4.90 Å². The minimum Gasteiger partial charge on any atom is -0.494 e. The lowest BCUT2D eigenvalue weighted by Crippen LogP contribution is -2.20. The molecule has 2 aromatic rings. The van der Waals surface area contributed by atoms with Gasteiger partial charge in [0.15, 0.2) is 0 Å². The second-order valence-corrected chi connectivity index (χ2v) is 5.43. The van der Waals surface area contributed by atoms with Crippen LogP contribution in [0.5, 0.6) is 5.75 Å². The van der Waals surface area contributed by atoms with E-state index in [1.165, 1.54) is 7.11 Å². The number of carbonyl (C=O) groups is 1. The Bertz CT molecular complexity index is 621. The van der Waals surface area contributed by atoms with Crippen LogP contribution in [-0.2, 0) is 11.3 Å². The molecule has 1 aromatic carbocycles. The molecule has 0 atom stereocenters. The smallest absolute Gasteiger partial charge is 0.341 e. The third kappa shape index (κ3) is 5.14. The largest absolute Gasteiger partial charge is 0.494 e. The van der Waals surface area contributed by atoms with Crippen LogP contribution in [0, 0.1) is 6.92 Å². The number of ether oxygens (including phenoxy) is 2. The average Bonchev–Trinajstić information content (AvgIpc) is 2.92. The van der Waals surface area contributed by atoms with Gasteiger partial charge in [-0.15, -0.1) is 0 Å². The van der Waals surface area contributed by atoms with Crippen molar-refractivity contribution in [2.75, 3.05) is 27.3 Å². The molecule has 0 saturated heterocycles. The highest BCUT2D eigenvalue weighted by molar-refractivity contribution is 5.90. The lowest BCUT2D eigenvalue weighted by Gasteiger charge is -2.15. The molecule has 2 rings (SSSR count). The van der Waals surface area contributed by atoms with E-state index in [9.17, 15) is 4.79 Å². The van der Waals surface area contributed by atoms with Crippen molar-refractivity contribution in [2.45, 2.75) is 19.9 Å². The molecule has 124 valence electrons. The van der Waals surface area contributed by atoms with Crippen molar-refractivity contribution >= 4 is 5.97 Å². The van der Waals surface area contributed by atoms with Gasteiger partial charge in [-0.25, -0.2) is 4.79 Å². The Balaban J connectivity index is 1.74. The van der Waals surface area contributed by atoms with Crippen LogP contribution in [0.15, 0.2) is 40.8 Å². The summed E-state index contributed by atoms with van der Waals surface area (Å²) in [7, 11) is 3.38. The SMILES string of the molecule is COC(=O)c1cc(CN(C)CCCOc2ccccc2)oc1C. The molecule has 0 N–H and O–H groups in total. The molecule has 0 aliphatic heterocycles. The molecule has 0 bridgehead atoms. The van der Waals surface area contributed by atoms with Crippen LogP contribution >= 0.6 is 0 Å². The van der Waals surface area contributed by atoms with Gasteiger partial charge in [-0.2, -0.15) is 0 Å². The average molecular weight is 317 g/mol. The molecular formula is C18H23NO4. The fourth-order valence-electron chi connectivity index (χ4n) is 2.32. The number of aryl methyl sites for hydroxylation is 1. The number of methoxy groups -OCH3 is 1. The monoisotopic (exact) mass is 317 g/mol. The van der Waals surface area contributed by atoms with E-state index in [0.717, 1.165) is 24.5 Å². The molecule has 0 saturated carbocycles. The molecule has 0 spiro atoms. The maximum absolute atomic E-state index is 11.6. The zero-order valence-corrected chi connectivity index (χ0v) is 13.9. The molecule has 1 aromatic heterocycles. The second kappa shape index (κ2) is 8.39. The third-order valence-electron chi connectivity index (χ3n) is 3.50. The normalized spacial score (nSPS) is 10.8. The second-order valence-electron chi connectivity index (χ2n) is 5.43. The predicted octanol–water partition coefficient (Wildman–Crippen LogP) is 3.28. The van der Waals surface area contributed by atoms with Crippen LogP contribution in [0.25, 0.3) is 0 Å². The van der Waals surface area contributed by atoms with Crippen LogP contribution in [0.1, 0.15) is 28.3 Å². The molecule has 0 amide bonds. The Morgan fingerprint density at radius 1 is 1.26 bits per heavy atom. The highest BCUT2D eigenvalue weighted by Crippen LogP contribution is 2.17. The van der Waals surface area contributed by atoms with Gasteiger partial charge >= 0.3 is 5.97 Å². The maximum Gasteiger partial charge on any atom is 0.341 e. The molecule has 0 aliphatic carbocycles. The first-order chi connectivity index (χ1) is 11.1.